The van der Waals surface area contributed by atoms with E-state index in [9.17, 15) is 0 Å². The van der Waals surface area contributed by atoms with E-state index in [0.29, 0.717) is 21.8 Å². The number of aromatic nitrogens is 3. The lowest BCUT2D eigenvalue weighted by molar-refractivity contribution is 0.305. The van der Waals surface area contributed by atoms with Crippen LogP contribution in [0.1, 0.15) is 24.4 Å². The topological polar surface area (TPSA) is 52.0 Å². The highest BCUT2D eigenvalue weighted by Crippen LogP contribution is 2.28. The molecule has 0 atom stereocenters. The van der Waals surface area contributed by atoms with Crippen molar-refractivity contribution in [2.45, 2.75) is 25.5 Å². The molecular weight excluding hydrogens is 383 g/mol. The highest BCUT2D eigenvalue weighted by Gasteiger charge is 2.16. The van der Waals surface area contributed by atoms with Gasteiger partial charge in [0.15, 0.2) is 0 Å². The Kier molecular flexibility index (Phi) is 5.62. The fraction of sp³-hybridized carbons (Fsp3) is 0.300. The second-order valence-corrected chi connectivity index (χ2v) is 7.40. The SMILES string of the molecule is Clc1cccc(Cl)c1COc1cncc(-c2cnn(C3CCNCC3)c2)c1. The molecule has 140 valence electrons. The van der Waals surface area contributed by atoms with E-state index in [1.54, 1.807) is 18.3 Å². The van der Waals surface area contributed by atoms with E-state index in [4.69, 9.17) is 27.9 Å². The number of nitrogens with one attached hydrogen (secondary N) is 1. The van der Waals surface area contributed by atoms with Crippen LogP contribution in [0, 0.1) is 0 Å². The quantitative estimate of drug-likeness (QED) is 0.668. The highest BCUT2D eigenvalue weighted by molar-refractivity contribution is 6.35. The largest absolute Gasteiger partial charge is 0.487 e. The van der Waals surface area contributed by atoms with Crippen molar-refractivity contribution in [1.29, 1.82) is 0 Å². The lowest BCUT2D eigenvalue weighted by Crippen LogP contribution is -2.29. The zero-order chi connectivity index (χ0) is 18.6. The molecule has 2 aromatic heterocycles. The number of pyridine rings is 1. The molecule has 0 radical (unpaired) electrons. The van der Waals surface area contributed by atoms with Crippen molar-refractivity contribution in [3.05, 3.63) is 64.7 Å². The molecule has 0 amide bonds. The summed E-state index contributed by atoms with van der Waals surface area (Å²) in [5.74, 6) is 0.665. The molecule has 0 unspecified atom stereocenters. The zero-order valence-corrected chi connectivity index (χ0v) is 16.2. The van der Waals surface area contributed by atoms with Crippen LogP contribution in [0.4, 0.5) is 0 Å². The van der Waals surface area contributed by atoms with Gasteiger partial charge < -0.3 is 10.1 Å². The Morgan fingerprint density at radius 2 is 1.85 bits per heavy atom. The van der Waals surface area contributed by atoms with E-state index < -0.39 is 0 Å². The number of piperidine rings is 1. The summed E-state index contributed by atoms with van der Waals surface area (Å²) in [5, 5.41) is 9.11. The van der Waals surface area contributed by atoms with Crippen LogP contribution in [0.15, 0.2) is 49.1 Å². The van der Waals surface area contributed by atoms with E-state index in [-0.39, 0.29) is 6.61 Å². The van der Waals surface area contributed by atoms with Gasteiger partial charge in [-0.05, 0) is 44.1 Å². The Morgan fingerprint density at radius 1 is 1.07 bits per heavy atom. The smallest absolute Gasteiger partial charge is 0.138 e. The third-order valence-corrected chi connectivity index (χ3v) is 5.48. The first kappa shape index (κ1) is 18.3. The van der Waals surface area contributed by atoms with E-state index in [1.165, 1.54) is 0 Å². The summed E-state index contributed by atoms with van der Waals surface area (Å²) in [7, 11) is 0. The Hall–Kier alpha value is -2.08. The van der Waals surface area contributed by atoms with Crippen LogP contribution in [-0.4, -0.2) is 27.9 Å². The van der Waals surface area contributed by atoms with Crippen molar-refractivity contribution in [3.63, 3.8) is 0 Å². The summed E-state index contributed by atoms with van der Waals surface area (Å²) >= 11 is 12.4. The lowest BCUT2D eigenvalue weighted by atomic mass is 10.1. The normalized spacial score (nSPS) is 15.0. The summed E-state index contributed by atoms with van der Waals surface area (Å²) in [6, 6.07) is 7.83. The molecule has 1 fully saturated rings. The monoisotopic (exact) mass is 402 g/mol. The van der Waals surface area contributed by atoms with Gasteiger partial charge in [0.25, 0.3) is 0 Å². The van der Waals surface area contributed by atoms with Gasteiger partial charge in [0.05, 0.1) is 18.4 Å². The molecule has 0 saturated carbocycles. The van der Waals surface area contributed by atoms with Crippen molar-refractivity contribution in [3.8, 4) is 16.9 Å². The number of nitrogens with zero attached hydrogens (tertiary/aromatic N) is 3. The van der Waals surface area contributed by atoms with Crippen molar-refractivity contribution < 1.29 is 4.74 Å². The molecule has 5 nitrogen and oxygen atoms in total. The van der Waals surface area contributed by atoms with Crippen LogP contribution in [0.2, 0.25) is 10.0 Å². The fourth-order valence-corrected chi connectivity index (χ4v) is 3.75. The fourth-order valence-electron chi connectivity index (χ4n) is 3.24. The van der Waals surface area contributed by atoms with Crippen molar-refractivity contribution in [2.75, 3.05) is 13.1 Å². The molecular formula is C20H20Cl2N4O. The predicted molar refractivity (Wildman–Crippen MR) is 107 cm³/mol. The van der Waals surface area contributed by atoms with Crippen LogP contribution in [0.5, 0.6) is 5.75 Å². The third kappa shape index (κ3) is 4.26. The van der Waals surface area contributed by atoms with E-state index >= 15 is 0 Å². The van der Waals surface area contributed by atoms with Gasteiger partial charge in [-0.2, -0.15) is 5.10 Å². The van der Waals surface area contributed by atoms with Gasteiger partial charge in [0, 0.05) is 39.1 Å². The second kappa shape index (κ2) is 8.30. The van der Waals surface area contributed by atoms with Crippen molar-refractivity contribution in [2.24, 2.45) is 0 Å². The van der Waals surface area contributed by atoms with E-state index in [2.05, 4.69) is 26.3 Å². The minimum atomic E-state index is 0.290. The van der Waals surface area contributed by atoms with Gasteiger partial charge in [-0.3, -0.25) is 9.67 Å². The predicted octanol–water partition coefficient (Wildman–Crippen LogP) is 4.76. The van der Waals surface area contributed by atoms with Crippen LogP contribution >= 0.6 is 23.2 Å². The van der Waals surface area contributed by atoms with Gasteiger partial charge >= 0.3 is 0 Å². The van der Waals surface area contributed by atoms with Crippen molar-refractivity contribution >= 4 is 23.2 Å². The molecule has 3 aromatic rings. The molecule has 7 heteroatoms. The lowest BCUT2D eigenvalue weighted by Gasteiger charge is -2.22. The first-order valence-corrected chi connectivity index (χ1v) is 9.72. The van der Waals surface area contributed by atoms with Crippen LogP contribution in [-0.2, 0) is 6.61 Å². The van der Waals surface area contributed by atoms with Gasteiger partial charge in [-0.1, -0.05) is 29.3 Å². The second-order valence-electron chi connectivity index (χ2n) is 6.59. The van der Waals surface area contributed by atoms with E-state index in [1.807, 2.05) is 24.5 Å². The number of hydrogen-bond donors (Lipinski definition) is 1. The molecule has 1 N–H and O–H groups in total. The number of ether oxygens (including phenoxy) is 1. The number of hydrogen-bond acceptors (Lipinski definition) is 4. The Balaban J connectivity index is 1.48. The number of benzene rings is 1. The van der Waals surface area contributed by atoms with Gasteiger partial charge in [0.2, 0.25) is 0 Å². The Labute approximate surface area is 168 Å². The zero-order valence-electron chi connectivity index (χ0n) is 14.7. The molecule has 0 spiro atoms. The Morgan fingerprint density at radius 3 is 2.63 bits per heavy atom. The number of halogens is 2. The standard InChI is InChI=1S/C20H20Cl2N4O/c21-19-2-1-3-20(22)18(19)13-27-17-8-14(9-24-11-17)15-10-25-26(12-15)16-4-6-23-7-5-16/h1-3,8-12,16,23H,4-7,13H2. The molecule has 1 aromatic carbocycles. The molecule has 1 aliphatic rings. The molecule has 1 saturated heterocycles. The third-order valence-electron chi connectivity index (χ3n) is 4.78. The minimum Gasteiger partial charge on any atom is -0.487 e. The molecule has 0 aliphatic carbocycles. The molecule has 27 heavy (non-hydrogen) atoms. The average Bonchev–Trinajstić information content (AvgIpc) is 3.19. The van der Waals surface area contributed by atoms with Gasteiger partial charge in [-0.25, -0.2) is 0 Å². The first-order chi connectivity index (χ1) is 13.2. The summed E-state index contributed by atoms with van der Waals surface area (Å²) in [4.78, 5) is 4.30. The van der Waals surface area contributed by atoms with Crippen LogP contribution in [0.3, 0.4) is 0 Å². The minimum absolute atomic E-state index is 0.290. The molecule has 3 heterocycles. The van der Waals surface area contributed by atoms with Gasteiger partial charge in [0.1, 0.15) is 12.4 Å². The summed E-state index contributed by atoms with van der Waals surface area (Å²) in [6.07, 6.45) is 9.67. The van der Waals surface area contributed by atoms with E-state index in [0.717, 1.165) is 42.6 Å². The number of rotatable bonds is 5. The first-order valence-electron chi connectivity index (χ1n) is 8.96. The summed E-state index contributed by atoms with van der Waals surface area (Å²) < 4.78 is 7.93. The highest BCUT2D eigenvalue weighted by atomic mass is 35.5. The summed E-state index contributed by atoms with van der Waals surface area (Å²) in [6.45, 7) is 2.36. The molecule has 4 rings (SSSR count). The van der Waals surface area contributed by atoms with Gasteiger partial charge in [-0.15, -0.1) is 0 Å². The molecule has 0 bridgehead atoms. The maximum atomic E-state index is 6.20. The maximum absolute atomic E-state index is 6.20. The molecule has 1 aliphatic heterocycles. The maximum Gasteiger partial charge on any atom is 0.138 e. The average molecular weight is 403 g/mol. The Bertz CT molecular complexity index is 902. The summed E-state index contributed by atoms with van der Waals surface area (Å²) in [5.41, 5.74) is 2.77. The van der Waals surface area contributed by atoms with Crippen LogP contribution in [0.25, 0.3) is 11.1 Å². The van der Waals surface area contributed by atoms with Crippen molar-refractivity contribution in [1.82, 2.24) is 20.1 Å². The van der Waals surface area contributed by atoms with Crippen LogP contribution < -0.4 is 10.1 Å².